The van der Waals surface area contributed by atoms with E-state index in [9.17, 15) is 19.3 Å². The Hall–Kier alpha value is -2.54. The number of carbonyl (C=O) groups is 1. The highest BCUT2D eigenvalue weighted by molar-refractivity contribution is 9.10. The lowest BCUT2D eigenvalue weighted by atomic mass is 10.2. The molecule has 1 N–H and O–H groups in total. The number of hydrogen-bond acceptors (Lipinski definition) is 3. The zero-order valence-corrected chi connectivity index (χ0v) is 12.7. The Balaban J connectivity index is 2.05. The summed E-state index contributed by atoms with van der Waals surface area (Å²) in [6, 6.07) is 9.71. The number of rotatable bonds is 4. The number of amides is 1. The molecule has 0 spiro atoms. The van der Waals surface area contributed by atoms with Gasteiger partial charge in [-0.1, -0.05) is 12.1 Å². The molecular weight excluding hydrogens is 355 g/mol. The average molecular weight is 365 g/mol. The van der Waals surface area contributed by atoms with Crippen molar-refractivity contribution in [2.45, 2.75) is 0 Å². The van der Waals surface area contributed by atoms with Gasteiger partial charge in [-0.05, 0) is 45.8 Å². The number of nitrogens with zero attached hydrogens (tertiary/aromatic N) is 1. The molecule has 0 saturated carbocycles. The highest BCUT2D eigenvalue weighted by Crippen LogP contribution is 2.27. The number of carbonyl (C=O) groups excluding carboxylic acids is 1. The van der Waals surface area contributed by atoms with E-state index in [1.807, 2.05) is 0 Å². The standard InChI is InChI=1S/C15H10BrFN2O3/c16-13-9-12(19(21)22)6-7-14(13)18-15(20)8-3-10-1-4-11(17)5-2-10/h1-9H,(H,18,20)/b8-3+. The van der Waals surface area contributed by atoms with Crippen LogP contribution in [0.15, 0.2) is 53.0 Å². The van der Waals surface area contributed by atoms with Gasteiger partial charge in [0.15, 0.2) is 0 Å². The van der Waals surface area contributed by atoms with Crippen molar-refractivity contribution in [1.82, 2.24) is 0 Å². The van der Waals surface area contributed by atoms with Gasteiger partial charge in [0.1, 0.15) is 5.82 Å². The summed E-state index contributed by atoms with van der Waals surface area (Å²) in [5.74, 6) is -0.754. The van der Waals surface area contributed by atoms with Crippen LogP contribution in [-0.2, 0) is 4.79 Å². The van der Waals surface area contributed by atoms with Crippen molar-refractivity contribution in [3.05, 3.63) is 74.5 Å². The second kappa shape index (κ2) is 6.95. The number of benzene rings is 2. The van der Waals surface area contributed by atoms with Gasteiger partial charge in [-0.25, -0.2) is 4.39 Å². The van der Waals surface area contributed by atoms with Crippen molar-refractivity contribution in [3.8, 4) is 0 Å². The van der Waals surface area contributed by atoms with Crippen LogP contribution in [0.2, 0.25) is 0 Å². The van der Waals surface area contributed by atoms with E-state index >= 15 is 0 Å². The first-order valence-corrected chi connectivity index (χ1v) is 6.93. The molecule has 0 atom stereocenters. The lowest BCUT2D eigenvalue weighted by Crippen LogP contribution is -2.08. The minimum absolute atomic E-state index is 0.0771. The summed E-state index contributed by atoms with van der Waals surface area (Å²) in [6.45, 7) is 0. The number of halogens is 2. The normalized spacial score (nSPS) is 10.6. The number of hydrogen-bond donors (Lipinski definition) is 1. The first-order valence-electron chi connectivity index (χ1n) is 6.14. The minimum atomic E-state index is -0.523. The van der Waals surface area contributed by atoms with Crippen LogP contribution in [0.25, 0.3) is 6.08 Å². The average Bonchev–Trinajstić information content (AvgIpc) is 2.48. The van der Waals surface area contributed by atoms with E-state index in [0.717, 1.165) is 0 Å². The van der Waals surface area contributed by atoms with Gasteiger partial charge in [-0.15, -0.1) is 0 Å². The molecule has 1 amide bonds. The molecule has 0 radical (unpaired) electrons. The van der Waals surface area contributed by atoms with Crippen molar-refractivity contribution in [2.75, 3.05) is 5.32 Å². The minimum Gasteiger partial charge on any atom is -0.321 e. The maximum absolute atomic E-state index is 12.8. The predicted molar refractivity (Wildman–Crippen MR) is 84.9 cm³/mol. The number of nitro benzene ring substituents is 1. The molecule has 5 nitrogen and oxygen atoms in total. The van der Waals surface area contributed by atoms with E-state index < -0.39 is 10.8 Å². The lowest BCUT2D eigenvalue weighted by molar-refractivity contribution is -0.384. The van der Waals surface area contributed by atoms with E-state index in [4.69, 9.17) is 0 Å². The Morgan fingerprint density at radius 3 is 2.50 bits per heavy atom. The van der Waals surface area contributed by atoms with Crippen molar-refractivity contribution in [1.29, 1.82) is 0 Å². The fourth-order valence-corrected chi connectivity index (χ4v) is 2.10. The second-order valence-electron chi connectivity index (χ2n) is 4.30. The molecule has 0 fully saturated rings. The Morgan fingerprint density at radius 1 is 1.23 bits per heavy atom. The molecule has 7 heteroatoms. The van der Waals surface area contributed by atoms with Crippen LogP contribution in [0.3, 0.4) is 0 Å². The molecule has 0 aliphatic heterocycles. The summed E-state index contributed by atoms with van der Waals surface area (Å²) in [6.07, 6.45) is 2.83. The quantitative estimate of drug-likeness (QED) is 0.503. The third-order valence-corrected chi connectivity index (χ3v) is 3.37. The van der Waals surface area contributed by atoms with E-state index in [1.54, 1.807) is 12.1 Å². The maximum Gasteiger partial charge on any atom is 0.270 e. The molecule has 0 aromatic heterocycles. The van der Waals surface area contributed by atoms with E-state index in [2.05, 4.69) is 21.2 Å². The van der Waals surface area contributed by atoms with Crippen molar-refractivity contribution in [3.63, 3.8) is 0 Å². The van der Waals surface area contributed by atoms with E-state index in [-0.39, 0.29) is 11.5 Å². The van der Waals surface area contributed by atoms with E-state index in [0.29, 0.717) is 15.7 Å². The first kappa shape index (κ1) is 15.8. The molecule has 112 valence electrons. The molecule has 0 aliphatic carbocycles. The van der Waals surface area contributed by atoms with Gasteiger partial charge in [0.25, 0.3) is 5.69 Å². The smallest absolute Gasteiger partial charge is 0.270 e. The Labute approximate surface area is 133 Å². The summed E-state index contributed by atoms with van der Waals surface area (Å²) in [5, 5.41) is 13.2. The van der Waals surface area contributed by atoms with Crippen LogP contribution in [0, 0.1) is 15.9 Å². The zero-order valence-electron chi connectivity index (χ0n) is 11.1. The van der Waals surface area contributed by atoms with E-state index in [1.165, 1.54) is 42.5 Å². The van der Waals surface area contributed by atoms with Crippen LogP contribution < -0.4 is 5.32 Å². The Morgan fingerprint density at radius 2 is 1.91 bits per heavy atom. The molecule has 0 unspecified atom stereocenters. The van der Waals surface area contributed by atoms with Gasteiger partial charge >= 0.3 is 0 Å². The molecule has 2 aromatic carbocycles. The van der Waals surface area contributed by atoms with Gasteiger partial charge in [0.2, 0.25) is 5.91 Å². The topological polar surface area (TPSA) is 72.2 Å². The Bertz CT molecular complexity index is 745. The summed E-state index contributed by atoms with van der Waals surface area (Å²) >= 11 is 3.16. The third kappa shape index (κ3) is 4.23. The van der Waals surface area contributed by atoms with Crippen LogP contribution in [0.5, 0.6) is 0 Å². The van der Waals surface area contributed by atoms with Crippen molar-refractivity contribution in [2.24, 2.45) is 0 Å². The van der Waals surface area contributed by atoms with Gasteiger partial charge in [-0.3, -0.25) is 14.9 Å². The van der Waals surface area contributed by atoms with Crippen LogP contribution in [-0.4, -0.2) is 10.8 Å². The number of nitrogens with one attached hydrogen (secondary N) is 1. The largest absolute Gasteiger partial charge is 0.321 e. The highest BCUT2D eigenvalue weighted by atomic mass is 79.9. The van der Waals surface area contributed by atoms with Gasteiger partial charge in [-0.2, -0.15) is 0 Å². The molecular formula is C15H10BrFN2O3. The fraction of sp³-hybridized carbons (Fsp3) is 0. The van der Waals surface area contributed by atoms with Crippen LogP contribution in [0.1, 0.15) is 5.56 Å². The predicted octanol–water partition coefficient (Wildman–Crippen LogP) is 4.15. The maximum atomic E-state index is 12.8. The van der Waals surface area contributed by atoms with Gasteiger partial charge in [0, 0.05) is 22.7 Å². The number of nitro groups is 1. The molecule has 0 heterocycles. The fourth-order valence-electron chi connectivity index (χ4n) is 1.64. The molecule has 0 bridgehead atoms. The Kier molecular flexibility index (Phi) is 5.00. The molecule has 0 aliphatic rings. The third-order valence-electron chi connectivity index (χ3n) is 2.72. The van der Waals surface area contributed by atoms with Gasteiger partial charge < -0.3 is 5.32 Å². The molecule has 2 aromatic rings. The van der Waals surface area contributed by atoms with Crippen LogP contribution in [0.4, 0.5) is 15.8 Å². The molecule has 22 heavy (non-hydrogen) atoms. The van der Waals surface area contributed by atoms with Crippen LogP contribution >= 0.6 is 15.9 Å². The second-order valence-corrected chi connectivity index (χ2v) is 5.15. The molecule has 2 rings (SSSR count). The zero-order chi connectivity index (χ0) is 16.1. The monoisotopic (exact) mass is 364 g/mol. The number of anilines is 1. The van der Waals surface area contributed by atoms with Crippen molar-refractivity contribution < 1.29 is 14.1 Å². The summed E-state index contributed by atoms with van der Waals surface area (Å²) in [4.78, 5) is 21.9. The lowest BCUT2D eigenvalue weighted by Gasteiger charge is -2.04. The highest BCUT2D eigenvalue weighted by Gasteiger charge is 2.10. The van der Waals surface area contributed by atoms with Crippen molar-refractivity contribution >= 4 is 39.3 Å². The number of non-ortho nitro benzene ring substituents is 1. The van der Waals surface area contributed by atoms with Gasteiger partial charge in [0.05, 0.1) is 10.6 Å². The summed E-state index contributed by atoms with van der Waals surface area (Å²) < 4.78 is 13.2. The summed E-state index contributed by atoms with van der Waals surface area (Å²) in [5.41, 5.74) is 1.02. The summed E-state index contributed by atoms with van der Waals surface area (Å²) in [7, 11) is 0. The molecule has 0 saturated heterocycles. The SMILES string of the molecule is O=C(/C=C/c1ccc(F)cc1)Nc1ccc([N+](=O)[O-])cc1Br. The first-order chi connectivity index (χ1) is 10.5.